The maximum Gasteiger partial charge on any atom is 2.00 e. The fraction of sp³-hybridized carbons (Fsp3) is 0.179. The van der Waals surface area contributed by atoms with Crippen molar-refractivity contribution in [2.75, 3.05) is 13.2 Å². The standard InChI is InChI=1S/C24BF20.2C19H21.C4H8O.CH3.ClH.Cr/c26-5-1(6(27)14(35)21(42)13(5)34)25(2-7(28)15(36)22(43)16(37)8(2)29,3-9(30)17(38)23(44)18(39)10(3)31)4-11(32)19(40)24(45)20(41)12(4)33;2*1-16(14-18-9-5-3-6-10-18)13-17(2)15-19-11-7-4-8-12-19;1-2-4-5-3-1;;;/h;2*3-13H,14-15H2,1-2H3;1-4H2;1H3;1H;/q-1;;;;-1;;+2/p-1. The van der Waals surface area contributed by atoms with E-state index in [0.717, 1.165) is 38.9 Å². The van der Waals surface area contributed by atoms with Crippen molar-refractivity contribution in [2.45, 2.75) is 66.2 Å². The van der Waals surface area contributed by atoms with Gasteiger partial charge in [0.05, 0.1) is 0 Å². The van der Waals surface area contributed by atoms with Crippen LogP contribution in [0.15, 0.2) is 121 Å². The first-order chi connectivity index (χ1) is 41.7. The Bertz CT molecular complexity index is 3070. The maximum absolute atomic E-state index is 15.4. The SMILES string of the molecule is C1CCOC1.C[C]([CH][C](C)Cc1ccccc1)Cc1ccccc1.C[C]([CH][C](C)Cc1ccccc1)Cc1ccccc1.Fc1c(F)c(F)c([B-](c2c(F)c(F)c(F)c(F)c2F)(c2c(F)c(F)c(F)c(F)c2F)c2c(F)c(F)c(F)c(F)c2F)c(F)c1F.[CH3-].[Cl-].[Cr+2]. The van der Waals surface area contributed by atoms with E-state index in [1.54, 1.807) is 0 Å². The Hall–Kier alpha value is -6.79. The van der Waals surface area contributed by atoms with Gasteiger partial charge in [0, 0.05) is 13.2 Å². The van der Waals surface area contributed by atoms with Gasteiger partial charge in [-0.3, -0.25) is 0 Å². The van der Waals surface area contributed by atoms with Gasteiger partial charge in [-0.05, 0) is 97.3 Å². The largest absolute Gasteiger partial charge is 2.00 e. The van der Waals surface area contributed by atoms with Gasteiger partial charge in [0.25, 0.3) is 0 Å². The van der Waals surface area contributed by atoms with Crippen LogP contribution in [0.25, 0.3) is 0 Å². The molecule has 1 heterocycles. The van der Waals surface area contributed by atoms with Crippen LogP contribution in [0.1, 0.15) is 62.8 Å². The van der Waals surface area contributed by atoms with Crippen LogP contribution in [-0.2, 0) is 47.8 Å². The summed E-state index contributed by atoms with van der Waals surface area (Å²) in [5.41, 5.74) is -8.82. The summed E-state index contributed by atoms with van der Waals surface area (Å²) in [5.74, 6) is -65.7. The summed E-state index contributed by atoms with van der Waals surface area (Å²) in [7, 11) is 0. The molecule has 1 saturated heterocycles. The zero-order valence-corrected chi connectivity index (χ0v) is 50.7. The number of ether oxygens (including phenoxy) is 1. The molecule has 484 valence electrons. The van der Waals surface area contributed by atoms with Crippen LogP contribution in [0.3, 0.4) is 0 Å². The van der Waals surface area contributed by atoms with Crippen molar-refractivity contribution >= 4 is 28.0 Å². The monoisotopic (exact) mass is 1350 g/mol. The van der Waals surface area contributed by atoms with Gasteiger partial charge in [0.15, 0.2) is 69.8 Å². The van der Waals surface area contributed by atoms with Gasteiger partial charge in [-0.15, -0.1) is 21.9 Å². The van der Waals surface area contributed by atoms with E-state index in [9.17, 15) is 52.7 Å². The first-order valence-electron chi connectivity index (χ1n) is 26.6. The van der Waals surface area contributed by atoms with E-state index in [1.165, 1.54) is 58.8 Å². The minimum atomic E-state index is -7.22. The summed E-state index contributed by atoms with van der Waals surface area (Å²) in [6.07, 6.45) is 4.12. The summed E-state index contributed by atoms with van der Waals surface area (Å²) < 4.78 is 299. The molecular formula is C67H53BClCrF20O-. The average Bonchev–Trinajstić information content (AvgIpc) is 0.732. The van der Waals surface area contributed by atoms with Crippen LogP contribution in [0.4, 0.5) is 87.8 Å². The quantitative estimate of drug-likeness (QED) is 0.0308. The predicted molar refractivity (Wildman–Crippen MR) is 301 cm³/mol. The van der Waals surface area contributed by atoms with Crippen LogP contribution in [0, 0.1) is 160 Å². The van der Waals surface area contributed by atoms with E-state index < -0.39 is 144 Å². The first kappa shape index (κ1) is 78.4. The second-order valence-corrected chi connectivity index (χ2v) is 20.4. The summed E-state index contributed by atoms with van der Waals surface area (Å²) >= 11 is 0. The summed E-state index contributed by atoms with van der Waals surface area (Å²) in [4.78, 5) is 0. The van der Waals surface area contributed by atoms with Crippen molar-refractivity contribution in [2.24, 2.45) is 0 Å². The molecule has 0 aliphatic carbocycles. The molecule has 0 saturated carbocycles. The maximum atomic E-state index is 15.4. The molecular weight excluding hydrogens is 1300 g/mol. The minimum Gasteiger partial charge on any atom is -1.00 e. The van der Waals surface area contributed by atoms with E-state index in [1.807, 2.05) is 0 Å². The molecule has 8 aromatic carbocycles. The van der Waals surface area contributed by atoms with Gasteiger partial charge in [0.2, 0.25) is 0 Å². The predicted octanol–water partition coefficient (Wildman–Crippen LogP) is 13.8. The molecule has 1 nitrogen and oxygen atoms in total. The molecule has 6 radical (unpaired) electrons. The van der Waals surface area contributed by atoms with Gasteiger partial charge < -0.3 is 24.6 Å². The van der Waals surface area contributed by atoms with Gasteiger partial charge in [-0.25, -0.2) is 87.8 Å². The Morgan fingerprint density at radius 2 is 0.451 bits per heavy atom. The molecule has 24 heteroatoms. The molecule has 0 unspecified atom stereocenters. The topological polar surface area (TPSA) is 9.23 Å². The molecule has 0 bridgehead atoms. The zero-order valence-electron chi connectivity index (χ0n) is 48.7. The summed E-state index contributed by atoms with van der Waals surface area (Å²) in [6, 6.07) is 42.5. The van der Waals surface area contributed by atoms with Gasteiger partial charge in [0.1, 0.15) is 52.7 Å². The molecule has 0 N–H and O–H groups in total. The molecule has 1 fully saturated rings. The molecule has 8 aromatic rings. The van der Waals surface area contributed by atoms with E-state index in [0.29, 0.717) is 0 Å². The smallest absolute Gasteiger partial charge is 1.00 e. The van der Waals surface area contributed by atoms with E-state index in [-0.39, 0.29) is 37.2 Å². The third-order valence-corrected chi connectivity index (χ3v) is 13.8. The number of hydrogen-bond acceptors (Lipinski definition) is 1. The molecule has 9 rings (SSSR count). The molecule has 1 aliphatic rings. The Kier molecular flexibility index (Phi) is 30.4. The third kappa shape index (κ3) is 18.1. The second kappa shape index (κ2) is 35.3. The zero-order chi connectivity index (χ0) is 64.9. The minimum absolute atomic E-state index is 0. The van der Waals surface area contributed by atoms with Gasteiger partial charge in [-0.2, -0.15) is 0 Å². The van der Waals surface area contributed by atoms with Crippen molar-refractivity contribution in [3.05, 3.63) is 304 Å². The first-order valence-corrected chi connectivity index (χ1v) is 26.6. The average molecular weight is 1350 g/mol. The third-order valence-electron chi connectivity index (χ3n) is 13.8. The van der Waals surface area contributed by atoms with Gasteiger partial charge >= 0.3 is 17.4 Å². The van der Waals surface area contributed by atoms with Crippen LogP contribution in [0.2, 0.25) is 0 Å². The molecule has 1 aliphatic heterocycles. The Labute approximate surface area is 531 Å². The number of rotatable bonds is 16. The van der Waals surface area contributed by atoms with Crippen molar-refractivity contribution in [3.63, 3.8) is 0 Å². The number of halogens is 21. The number of benzene rings is 8. The van der Waals surface area contributed by atoms with E-state index in [4.69, 9.17) is 4.74 Å². The van der Waals surface area contributed by atoms with Crippen molar-refractivity contribution in [1.29, 1.82) is 0 Å². The summed E-state index contributed by atoms with van der Waals surface area (Å²) in [6.45, 7) is 10.8. The van der Waals surface area contributed by atoms with Crippen LogP contribution in [0.5, 0.6) is 0 Å². The van der Waals surface area contributed by atoms with Crippen molar-refractivity contribution in [3.8, 4) is 0 Å². The molecule has 0 atom stereocenters. The fourth-order valence-electron chi connectivity index (χ4n) is 10.1. The summed E-state index contributed by atoms with van der Waals surface area (Å²) in [5, 5.41) is 0. The molecule has 0 amide bonds. The van der Waals surface area contributed by atoms with E-state index in [2.05, 4.69) is 162 Å². The molecule has 91 heavy (non-hydrogen) atoms. The van der Waals surface area contributed by atoms with Crippen LogP contribution < -0.4 is 34.3 Å². The normalized spacial score (nSPS) is 11.9. The fourth-order valence-corrected chi connectivity index (χ4v) is 10.1. The Morgan fingerprint density at radius 1 is 0.297 bits per heavy atom. The Morgan fingerprint density at radius 3 is 0.593 bits per heavy atom. The van der Waals surface area contributed by atoms with Crippen LogP contribution in [-0.4, -0.2) is 19.4 Å². The Balaban J connectivity index is 0.000000385. The van der Waals surface area contributed by atoms with Gasteiger partial charge in [-0.1, -0.05) is 149 Å². The molecule has 0 aromatic heterocycles. The van der Waals surface area contributed by atoms with Crippen molar-refractivity contribution < 1.29 is 122 Å². The van der Waals surface area contributed by atoms with E-state index >= 15 is 35.1 Å². The number of hydrogen-bond donors (Lipinski definition) is 0. The van der Waals surface area contributed by atoms with Crippen molar-refractivity contribution in [1.82, 2.24) is 0 Å². The molecule has 0 spiro atoms. The second-order valence-electron chi connectivity index (χ2n) is 20.4. The van der Waals surface area contributed by atoms with Crippen LogP contribution >= 0.6 is 0 Å².